The number of thioether (sulfide) groups is 2. The molecule has 2 atom stereocenters. The lowest BCUT2D eigenvalue weighted by Crippen LogP contribution is -2.24. The Morgan fingerprint density at radius 2 is 2.29 bits per heavy atom. The van der Waals surface area contributed by atoms with Crippen LogP contribution in [-0.2, 0) is 6.54 Å². The Kier molecular flexibility index (Phi) is 4.53. The van der Waals surface area contributed by atoms with Crippen molar-refractivity contribution in [2.45, 2.75) is 24.0 Å². The van der Waals surface area contributed by atoms with Crippen molar-refractivity contribution in [3.8, 4) is 0 Å². The molecular formula is C11H17N3OS2. The molecule has 2 N–H and O–H groups in total. The van der Waals surface area contributed by atoms with Crippen LogP contribution in [0, 0.1) is 0 Å². The van der Waals surface area contributed by atoms with Gasteiger partial charge < -0.3 is 10.3 Å². The Bertz CT molecular complexity index is 435. The maximum Gasteiger partial charge on any atom is 0.255 e. The third-order valence-corrected chi connectivity index (χ3v) is 5.82. The van der Waals surface area contributed by atoms with Gasteiger partial charge in [0.25, 0.3) is 5.56 Å². The molecule has 6 heteroatoms. The SMILES string of the molecule is CNCc1cnc(C2SCCSC2C)[nH]c1=O. The van der Waals surface area contributed by atoms with E-state index in [2.05, 4.69) is 22.2 Å². The Morgan fingerprint density at radius 3 is 2.94 bits per heavy atom. The van der Waals surface area contributed by atoms with Gasteiger partial charge >= 0.3 is 0 Å². The van der Waals surface area contributed by atoms with Gasteiger partial charge in [-0.1, -0.05) is 6.92 Å². The second kappa shape index (κ2) is 5.93. The molecule has 0 amide bonds. The van der Waals surface area contributed by atoms with Crippen molar-refractivity contribution in [1.82, 2.24) is 15.3 Å². The Labute approximate surface area is 109 Å². The topological polar surface area (TPSA) is 57.8 Å². The van der Waals surface area contributed by atoms with Crippen LogP contribution in [0.15, 0.2) is 11.0 Å². The highest BCUT2D eigenvalue weighted by Gasteiger charge is 2.26. The van der Waals surface area contributed by atoms with E-state index in [1.165, 1.54) is 5.75 Å². The van der Waals surface area contributed by atoms with E-state index in [9.17, 15) is 4.79 Å². The van der Waals surface area contributed by atoms with Crippen LogP contribution in [0.1, 0.15) is 23.6 Å². The molecule has 1 aromatic rings. The van der Waals surface area contributed by atoms with Crippen LogP contribution in [0.25, 0.3) is 0 Å². The van der Waals surface area contributed by atoms with Crippen LogP contribution < -0.4 is 10.9 Å². The summed E-state index contributed by atoms with van der Waals surface area (Å²) >= 11 is 3.83. The number of aromatic nitrogens is 2. The van der Waals surface area contributed by atoms with Gasteiger partial charge in [-0.05, 0) is 7.05 Å². The van der Waals surface area contributed by atoms with Crippen molar-refractivity contribution in [1.29, 1.82) is 0 Å². The summed E-state index contributed by atoms with van der Waals surface area (Å²) < 4.78 is 0. The van der Waals surface area contributed by atoms with Gasteiger partial charge in [0.1, 0.15) is 5.82 Å². The number of nitrogens with one attached hydrogen (secondary N) is 2. The molecule has 0 aromatic carbocycles. The number of aromatic amines is 1. The fourth-order valence-corrected chi connectivity index (χ4v) is 4.55. The average Bonchev–Trinajstić information content (AvgIpc) is 2.33. The van der Waals surface area contributed by atoms with E-state index in [1.807, 2.05) is 30.6 Å². The predicted octanol–water partition coefficient (Wildman–Crippen LogP) is 1.40. The van der Waals surface area contributed by atoms with E-state index in [0.717, 1.165) is 11.6 Å². The van der Waals surface area contributed by atoms with Gasteiger partial charge in [0.2, 0.25) is 0 Å². The molecule has 2 unspecified atom stereocenters. The van der Waals surface area contributed by atoms with E-state index in [0.29, 0.717) is 22.6 Å². The molecule has 1 aliphatic rings. The zero-order valence-electron chi connectivity index (χ0n) is 10.0. The van der Waals surface area contributed by atoms with E-state index in [1.54, 1.807) is 6.20 Å². The molecule has 1 aliphatic heterocycles. The average molecular weight is 271 g/mol. The zero-order chi connectivity index (χ0) is 12.3. The summed E-state index contributed by atoms with van der Waals surface area (Å²) in [5, 5.41) is 3.78. The Balaban J connectivity index is 2.21. The summed E-state index contributed by atoms with van der Waals surface area (Å²) in [6.07, 6.45) is 1.69. The molecule has 0 saturated carbocycles. The van der Waals surface area contributed by atoms with Gasteiger partial charge in [-0.3, -0.25) is 4.79 Å². The number of rotatable bonds is 3. The molecule has 4 nitrogen and oxygen atoms in total. The van der Waals surface area contributed by atoms with Crippen LogP contribution in [0.2, 0.25) is 0 Å². The third-order valence-electron chi connectivity index (χ3n) is 2.72. The maximum atomic E-state index is 11.8. The summed E-state index contributed by atoms with van der Waals surface area (Å²) in [5.74, 6) is 3.13. The van der Waals surface area contributed by atoms with Crippen molar-refractivity contribution < 1.29 is 0 Å². The molecule has 0 aliphatic carbocycles. The fraction of sp³-hybridized carbons (Fsp3) is 0.636. The van der Waals surface area contributed by atoms with Gasteiger partial charge in [-0.15, -0.1) is 11.8 Å². The van der Waals surface area contributed by atoms with Crippen molar-refractivity contribution in [2.24, 2.45) is 0 Å². The second-order valence-electron chi connectivity index (χ2n) is 4.02. The lowest BCUT2D eigenvalue weighted by Gasteiger charge is -2.26. The van der Waals surface area contributed by atoms with E-state index < -0.39 is 0 Å². The van der Waals surface area contributed by atoms with Gasteiger partial charge in [-0.2, -0.15) is 11.8 Å². The van der Waals surface area contributed by atoms with Crippen molar-refractivity contribution >= 4 is 23.5 Å². The summed E-state index contributed by atoms with van der Waals surface area (Å²) in [6, 6.07) is 0. The van der Waals surface area contributed by atoms with Crippen molar-refractivity contribution in [3.05, 3.63) is 27.9 Å². The number of nitrogens with zero attached hydrogens (tertiary/aromatic N) is 1. The molecule has 1 aromatic heterocycles. The highest BCUT2D eigenvalue weighted by molar-refractivity contribution is 8.06. The van der Waals surface area contributed by atoms with Crippen molar-refractivity contribution in [3.63, 3.8) is 0 Å². The molecule has 0 spiro atoms. The van der Waals surface area contributed by atoms with Crippen LogP contribution in [-0.4, -0.2) is 33.8 Å². The molecule has 2 rings (SSSR count). The molecule has 1 saturated heterocycles. The highest BCUT2D eigenvalue weighted by Crippen LogP contribution is 2.40. The minimum Gasteiger partial charge on any atom is -0.315 e. The van der Waals surface area contributed by atoms with Crippen LogP contribution in [0.5, 0.6) is 0 Å². The van der Waals surface area contributed by atoms with Gasteiger partial charge in [0.15, 0.2) is 0 Å². The summed E-state index contributed by atoms with van der Waals surface area (Å²) in [7, 11) is 1.82. The monoisotopic (exact) mass is 271 g/mol. The first-order chi connectivity index (χ1) is 8.22. The summed E-state index contributed by atoms with van der Waals surface area (Å²) in [5.41, 5.74) is 0.671. The van der Waals surface area contributed by atoms with Gasteiger partial charge in [0, 0.05) is 35.1 Å². The third kappa shape index (κ3) is 3.05. The second-order valence-corrected chi connectivity index (χ2v) is 6.76. The first-order valence-electron chi connectivity index (χ1n) is 5.68. The molecule has 0 radical (unpaired) electrons. The van der Waals surface area contributed by atoms with Crippen LogP contribution in [0.3, 0.4) is 0 Å². The highest BCUT2D eigenvalue weighted by atomic mass is 32.2. The van der Waals surface area contributed by atoms with Gasteiger partial charge in [-0.25, -0.2) is 4.98 Å². The van der Waals surface area contributed by atoms with E-state index in [4.69, 9.17) is 0 Å². The maximum absolute atomic E-state index is 11.8. The van der Waals surface area contributed by atoms with Crippen molar-refractivity contribution in [2.75, 3.05) is 18.6 Å². The van der Waals surface area contributed by atoms with Crippen LogP contribution >= 0.6 is 23.5 Å². The number of hydrogen-bond acceptors (Lipinski definition) is 5. The van der Waals surface area contributed by atoms with Crippen LogP contribution in [0.4, 0.5) is 0 Å². The molecular weight excluding hydrogens is 254 g/mol. The number of H-pyrrole nitrogens is 1. The first kappa shape index (κ1) is 13.0. The Hall–Kier alpha value is -0.460. The molecule has 2 heterocycles. The van der Waals surface area contributed by atoms with E-state index in [-0.39, 0.29) is 5.56 Å². The molecule has 1 fully saturated rings. The number of hydrogen-bond donors (Lipinski definition) is 2. The Morgan fingerprint density at radius 1 is 1.53 bits per heavy atom. The zero-order valence-corrected chi connectivity index (χ0v) is 11.7. The standard InChI is InChI=1S/C11H17N3OS2/c1-7-9(17-4-3-16-7)10-13-6-8(5-12-2)11(15)14-10/h6-7,9,12H,3-5H2,1-2H3,(H,13,14,15). The quantitative estimate of drug-likeness (QED) is 0.870. The normalized spacial score (nSPS) is 24.8. The first-order valence-corrected chi connectivity index (χ1v) is 7.78. The predicted molar refractivity (Wildman–Crippen MR) is 74.7 cm³/mol. The smallest absolute Gasteiger partial charge is 0.255 e. The largest absolute Gasteiger partial charge is 0.315 e. The summed E-state index contributed by atoms with van der Waals surface area (Å²) in [6.45, 7) is 2.76. The fourth-order valence-electron chi connectivity index (χ4n) is 1.83. The lowest BCUT2D eigenvalue weighted by molar-refractivity contribution is 0.765. The molecule has 17 heavy (non-hydrogen) atoms. The lowest BCUT2D eigenvalue weighted by atomic mass is 10.3. The van der Waals surface area contributed by atoms with Gasteiger partial charge in [0.05, 0.1) is 5.25 Å². The van der Waals surface area contributed by atoms with E-state index >= 15 is 0 Å². The minimum atomic E-state index is -0.0206. The minimum absolute atomic E-state index is 0.0206. The summed E-state index contributed by atoms with van der Waals surface area (Å²) in [4.78, 5) is 19.2. The molecule has 94 valence electrons. The molecule has 0 bridgehead atoms.